The summed E-state index contributed by atoms with van der Waals surface area (Å²) in [4.78, 5) is 16.3. The number of halogens is 1. The molecule has 0 spiro atoms. The molecule has 0 aliphatic carbocycles. The minimum Gasteiger partial charge on any atom is -0.363 e. The second-order valence-electron chi connectivity index (χ2n) is 8.04. The van der Waals surface area contributed by atoms with E-state index in [2.05, 4.69) is 63.1 Å². The summed E-state index contributed by atoms with van der Waals surface area (Å²) in [7, 11) is 5.96. The van der Waals surface area contributed by atoms with E-state index in [0.29, 0.717) is 0 Å². The van der Waals surface area contributed by atoms with Gasteiger partial charge in [-0.25, -0.2) is 4.98 Å². The fourth-order valence-corrected chi connectivity index (χ4v) is 4.13. The summed E-state index contributed by atoms with van der Waals surface area (Å²) in [6, 6.07) is 10.5. The minimum atomic E-state index is 0. The molecule has 7 heteroatoms. The number of likely N-dealkylation sites (tertiary alicyclic amines) is 1. The van der Waals surface area contributed by atoms with Gasteiger partial charge in [0.1, 0.15) is 5.82 Å². The van der Waals surface area contributed by atoms with Crippen molar-refractivity contribution in [2.24, 2.45) is 10.9 Å². The van der Waals surface area contributed by atoms with Crippen LogP contribution in [0.15, 0.2) is 35.3 Å². The minimum absolute atomic E-state index is 0. The molecule has 1 aliphatic heterocycles. The first-order valence-electron chi connectivity index (χ1n) is 10.8. The van der Waals surface area contributed by atoms with Gasteiger partial charge in [-0.2, -0.15) is 0 Å². The number of fused-ring (bicyclic) bond motifs is 1. The van der Waals surface area contributed by atoms with Crippen molar-refractivity contribution in [3.63, 3.8) is 0 Å². The van der Waals surface area contributed by atoms with E-state index in [-0.39, 0.29) is 24.0 Å². The van der Waals surface area contributed by atoms with Gasteiger partial charge in [-0.15, -0.1) is 24.0 Å². The number of hydrogen-bond acceptors (Lipinski definition) is 4. The Kier molecular flexibility index (Phi) is 9.61. The third-order valence-electron chi connectivity index (χ3n) is 5.89. The number of anilines is 1. The summed E-state index contributed by atoms with van der Waals surface area (Å²) >= 11 is 0. The maximum Gasteiger partial charge on any atom is 0.193 e. The lowest BCUT2D eigenvalue weighted by molar-refractivity contribution is 0.255. The van der Waals surface area contributed by atoms with Crippen molar-refractivity contribution in [3.05, 3.63) is 35.9 Å². The van der Waals surface area contributed by atoms with Crippen LogP contribution in [0, 0.1) is 5.92 Å². The monoisotopic (exact) mass is 524 g/mol. The lowest BCUT2D eigenvalue weighted by Crippen LogP contribution is -2.40. The fraction of sp³-hybridized carbons (Fsp3) is 0.565. The first-order chi connectivity index (χ1) is 14.0. The number of benzene rings is 1. The largest absolute Gasteiger partial charge is 0.363 e. The summed E-state index contributed by atoms with van der Waals surface area (Å²) in [6.45, 7) is 10.8. The van der Waals surface area contributed by atoms with Gasteiger partial charge in [-0.05, 0) is 43.1 Å². The Balaban J connectivity index is 0.00000320. The SMILES string of the molecule is CCN(CC)CC1CCN(C(=NC)NCc2cc(N(C)C)nc3ccccc23)C1.I. The van der Waals surface area contributed by atoms with Crippen molar-refractivity contribution < 1.29 is 0 Å². The highest BCUT2D eigenvalue weighted by molar-refractivity contribution is 14.0. The van der Waals surface area contributed by atoms with E-state index in [0.717, 1.165) is 55.9 Å². The van der Waals surface area contributed by atoms with Crippen LogP contribution in [0.2, 0.25) is 0 Å². The van der Waals surface area contributed by atoms with Gasteiger partial charge in [-0.1, -0.05) is 32.0 Å². The maximum absolute atomic E-state index is 4.77. The molecule has 1 aromatic carbocycles. The Bertz CT molecular complexity index is 834. The molecule has 1 aliphatic rings. The van der Waals surface area contributed by atoms with Crippen LogP contribution in [-0.2, 0) is 6.54 Å². The number of para-hydroxylation sites is 1. The van der Waals surface area contributed by atoms with E-state index in [1.165, 1.54) is 23.9 Å². The van der Waals surface area contributed by atoms with Crippen molar-refractivity contribution >= 4 is 46.7 Å². The van der Waals surface area contributed by atoms with Crippen molar-refractivity contribution in [1.29, 1.82) is 0 Å². The molecule has 30 heavy (non-hydrogen) atoms. The zero-order valence-electron chi connectivity index (χ0n) is 19.1. The fourth-order valence-electron chi connectivity index (χ4n) is 4.13. The van der Waals surface area contributed by atoms with Crippen molar-refractivity contribution in [2.75, 3.05) is 58.8 Å². The first-order valence-corrected chi connectivity index (χ1v) is 10.8. The molecule has 0 radical (unpaired) electrons. The molecule has 1 unspecified atom stereocenters. The Labute approximate surface area is 198 Å². The molecule has 0 bridgehead atoms. The molecule has 1 aromatic heterocycles. The first kappa shape index (κ1) is 24.7. The highest BCUT2D eigenvalue weighted by Gasteiger charge is 2.26. The quantitative estimate of drug-likeness (QED) is 0.341. The summed E-state index contributed by atoms with van der Waals surface area (Å²) in [6.07, 6.45) is 1.24. The summed E-state index contributed by atoms with van der Waals surface area (Å²) < 4.78 is 0. The van der Waals surface area contributed by atoms with Crippen LogP contribution in [-0.4, -0.2) is 74.6 Å². The second-order valence-corrected chi connectivity index (χ2v) is 8.04. The van der Waals surface area contributed by atoms with Crippen LogP contribution in [0.5, 0.6) is 0 Å². The molecular weight excluding hydrogens is 487 g/mol. The lowest BCUT2D eigenvalue weighted by Gasteiger charge is -2.24. The topological polar surface area (TPSA) is 47.0 Å². The third kappa shape index (κ3) is 5.97. The molecule has 1 fully saturated rings. The third-order valence-corrected chi connectivity index (χ3v) is 5.89. The van der Waals surface area contributed by atoms with Crippen molar-refractivity contribution in [1.82, 2.24) is 20.1 Å². The molecule has 0 saturated carbocycles. The summed E-state index contributed by atoms with van der Waals surface area (Å²) in [5, 5.41) is 4.80. The van der Waals surface area contributed by atoms with Crippen LogP contribution in [0.25, 0.3) is 10.9 Å². The summed E-state index contributed by atoms with van der Waals surface area (Å²) in [5.41, 5.74) is 2.28. The van der Waals surface area contributed by atoms with Gasteiger partial charge in [0.2, 0.25) is 0 Å². The van der Waals surface area contributed by atoms with E-state index >= 15 is 0 Å². The highest BCUT2D eigenvalue weighted by Crippen LogP contribution is 2.22. The van der Waals surface area contributed by atoms with Gasteiger partial charge >= 0.3 is 0 Å². The van der Waals surface area contributed by atoms with Crippen molar-refractivity contribution in [2.45, 2.75) is 26.8 Å². The highest BCUT2D eigenvalue weighted by atomic mass is 127. The number of hydrogen-bond donors (Lipinski definition) is 1. The Morgan fingerprint density at radius 2 is 1.97 bits per heavy atom. The van der Waals surface area contributed by atoms with E-state index in [9.17, 15) is 0 Å². The lowest BCUT2D eigenvalue weighted by atomic mass is 10.1. The second kappa shape index (κ2) is 11.7. The van der Waals surface area contributed by atoms with Gasteiger partial charge in [0.25, 0.3) is 0 Å². The van der Waals surface area contributed by atoms with E-state index < -0.39 is 0 Å². The zero-order chi connectivity index (χ0) is 20.8. The van der Waals surface area contributed by atoms with Gasteiger partial charge in [0.05, 0.1) is 5.52 Å². The van der Waals surface area contributed by atoms with E-state index in [1.54, 1.807) is 0 Å². The van der Waals surface area contributed by atoms with Crippen LogP contribution < -0.4 is 10.2 Å². The molecule has 2 aromatic rings. The van der Waals surface area contributed by atoms with Gasteiger partial charge < -0.3 is 20.0 Å². The molecule has 6 nitrogen and oxygen atoms in total. The zero-order valence-corrected chi connectivity index (χ0v) is 21.4. The average molecular weight is 524 g/mol. The predicted molar refractivity (Wildman–Crippen MR) is 139 cm³/mol. The number of guanidine groups is 1. The van der Waals surface area contributed by atoms with Crippen LogP contribution in [0.4, 0.5) is 5.82 Å². The van der Waals surface area contributed by atoms with E-state index in [4.69, 9.17) is 4.98 Å². The van der Waals surface area contributed by atoms with Crippen LogP contribution in [0.3, 0.4) is 0 Å². The number of rotatable bonds is 7. The number of aliphatic imine (C=N–C) groups is 1. The van der Waals surface area contributed by atoms with Gasteiger partial charge in [0.15, 0.2) is 5.96 Å². The molecule has 1 saturated heterocycles. The Hall–Kier alpha value is -1.61. The molecule has 166 valence electrons. The molecule has 0 amide bonds. The summed E-state index contributed by atoms with van der Waals surface area (Å²) in [5.74, 6) is 2.70. The molecule has 3 rings (SSSR count). The molecule has 2 heterocycles. The maximum atomic E-state index is 4.77. The average Bonchev–Trinajstić information content (AvgIpc) is 3.20. The smallest absolute Gasteiger partial charge is 0.193 e. The Morgan fingerprint density at radius 1 is 1.23 bits per heavy atom. The standard InChI is InChI=1S/C23H36N6.HI/c1-6-28(7-2)16-18-12-13-29(17-18)23(24-3)25-15-19-14-22(27(4)5)26-21-11-9-8-10-20(19)21;/h8-11,14,18H,6-7,12-13,15-17H2,1-5H3,(H,24,25);1H. The van der Waals surface area contributed by atoms with Crippen LogP contribution in [0.1, 0.15) is 25.8 Å². The van der Waals surface area contributed by atoms with Crippen LogP contribution >= 0.6 is 24.0 Å². The van der Waals surface area contributed by atoms with Gasteiger partial charge in [-0.3, -0.25) is 4.99 Å². The number of pyridine rings is 1. The number of nitrogens with one attached hydrogen (secondary N) is 1. The van der Waals surface area contributed by atoms with Crippen molar-refractivity contribution in [3.8, 4) is 0 Å². The predicted octanol–water partition coefficient (Wildman–Crippen LogP) is 3.66. The normalized spacial score (nSPS) is 16.8. The molecular formula is C23H37IN6. The molecule has 1 N–H and O–H groups in total. The molecule has 1 atom stereocenters. The number of aromatic nitrogens is 1. The van der Waals surface area contributed by atoms with Gasteiger partial charge in [0, 0.05) is 52.7 Å². The number of nitrogens with zero attached hydrogens (tertiary/aromatic N) is 5. The Morgan fingerprint density at radius 3 is 2.63 bits per heavy atom. The van der Waals surface area contributed by atoms with E-state index in [1.807, 2.05) is 27.2 Å².